The summed E-state index contributed by atoms with van der Waals surface area (Å²) in [4.78, 5) is 14.6. The lowest BCUT2D eigenvalue weighted by Gasteiger charge is -2.36. The molecular weight excluding hydrogens is 406 g/mol. The fourth-order valence-corrected chi connectivity index (χ4v) is 5.22. The van der Waals surface area contributed by atoms with E-state index in [1.54, 1.807) is 11.3 Å². The van der Waals surface area contributed by atoms with Crippen molar-refractivity contribution in [3.05, 3.63) is 52.0 Å². The molecule has 2 aliphatic rings. The van der Waals surface area contributed by atoms with E-state index in [2.05, 4.69) is 71.6 Å². The molecule has 0 amide bonds. The van der Waals surface area contributed by atoms with Crippen molar-refractivity contribution < 1.29 is 4.74 Å². The zero-order valence-corrected chi connectivity index (χ0v) is 19.8. The third-order valence-electron chi connectivity index (χ3n) is 5.97. The van der Waals surface area contributed by atoms with Crippen molar-refractivity contribution in [2.45, 2.75) is 51.8 Å². The number of morpholine rings is 1. The lowest BCUT2D eigenvalue weighted by Crippen LogP contribution is -2.50. The Labute approximate surface area is 190 Å². The molecule has 4 rings (SSSR count). The lowest BCUT2D eigenvalue weighted by atomic mass is 10.1. The van der Waals surface area contributed by atoms with Crippen molar-refractivity contribution in [2.75, 3.05) is 39.3 Å². The fourth-order valence-electron chi connectivity index (χ4n) is 4.35. The molecule has 0 aliphatic carbocycles. The number of hydrogen-bond acceptors (Lipinski definition) is 5. The van der Waals surface area contributed by atoms with Gasteiger partial charge in [0.05, 0.1) is 29.5 Å². The normalized spacial score (nSPS) is 22.2. The van der Waals surface area contributed by atoms with Crippen LogP contribution < -0.4 is 5.32 Å². The molecule has 2 fully saturated rings. The molecule has 0 radical (unpaired) electrons. The molecule has 6 nitrogen and oxygen atoms in total. The Hall–Kier alpha value is -1.96. The van der Waals surface area contributed by atoms with Gasteiger partial charge in [0.2, 0.25) is 0 Å². The Morgan fingerprint density at radius 1 is 1.29 bits per heavy atom. The molecule has 7 heteroatoms. The summed E-state index contributed by atoms with van der Waals surface area (Å²) >= 11 is 1.76. The van der Waals surface area contributed by atoms with Gasteiger partial charge in [0.15, 0.2) is 5.96 Å². The van der Waals surface area contributed by atoms with Crippen molar-refractivity contribution in [2.24, 2.45) is 4.99 Å². The predicted octanol–water partition coefficient (Wildman–Crippen LogP) is 3.36. The molecular formula is C24H35N5OS. The maximum atomic E-state index is 6.15. The van der Waals surface area contributed by atoms with Gasteiger partial charge >= 0.3 is 0 Å². The zero-order valence-electron chi connectivity index (χ0n) is 19.0. The number of nitrogens with one attached hydrogen (secondary N) is 1. The highest BCUT2D eigenvalue weighted by atomic mass is 32.1. The first-order valence-electron chi connectivity index (χ1n) is 11.5. The number of nitrogens with zero attached hydrogens (tertiary/aromatic N) is 4. The average molecular weight is 442 g/mol. The van der Waals surface area contributed by atoms with Gasteiger partial charge in [-0.3, -0.25) is 9.89 Å². The third-order valence-corrected chi connectivity index (χ3v) is 7.17. The number of guanidine groups is 1. The van der Waals surface area contributed by atoms with E-state index >= 15 is 0 Å². The summed E-state index contributed by atoms with van der Waals surface area (Å²) in [5, 5.41) is 6.88. The molecule has 2 unspecified atom stereocenters. The van der Waals surface area contributed by atoms with Gasteiger partial charge in [-0.2, -0.15) is 0 Å². The van der Waals surface area contributed by atoms with Crippen LogP contribution in [0.4, 0.5) is 0 Å². The van der Waals surface area contributed by atoms with Gasteiger partial charge in [-0.25, -0.2) is 4.98 Å². The summed E-state index contributed by atoms with van der Waals surface area (Å²) < 4.78 is 6.15. The summed E-state index contributed by atoms with van der Waals surface area (Å²) in [6.45, 7) is 12.8. The average Bonchev–Trinajstić information content (AvgIpc) is 3.42. The highest BCUT2D eigenvalue weighted by Gasteiger charge is 2.41. The van der Waals surface area contributed by atoms with Gasteiger partial charge in [-0.1, -0.05) is 44.2 Å². The van der Waals surface area contributed by atoms with Crippen molar-refractivity contribution in [1.29, 1.82) is 0 Å². The van der Waals surface area contributed by atoms with Gasteiger partial charge < -0.3 is 15.0 Å². The van der Waals surface area contributed by atoms with Crippen molar-refractivity contribution in [3.63, 3.8) is 0 Å². The van der Waals surface area contributed by atoms with Crippen molar-refractivity contribution in [1.82, 2.24) is 20.1 Å². The van der Waals surface area contributed by atoms with Gasteiger partial charge in [-0.05, 0) is 12.5 Å². The van der Waals surface area contributed by atoms with Crippen LogP contribution in [0.5, 0.6) is 0 Å². The second-order valence-corrected chi connectivity index (χ2v) is 9.54. The van der Waals surface area contributed by atoms with E-state index < -0.39 is 0 Å². The number of fused-ring (bicyclic) bond motifs is 1. The van der Waals surface area contributed by atoms with Crippen LogP contribution in [0.25, 0.3) is 0 Å². The number of hydrogen-bond donors (Lipinski definition) is 1. The molecule has 2 aliphatic heterocycles. The smallest absolute Gasteiger partial charge is 0.194 e. The van der Waals surface area contributed by atoms with Gasteiger partial charge in [-0.15, -0.1) is 11.3 Å². The lowest BCUT2D eigenvalue weighted by molar-refractivity contribution is -0.0502. The number of thiazole rings is 1. The summed E-state index contributed by atoms with van der Waals surface area (Å²) in [6, 6.07) is 11.2. The number of likely N-dealkylation sites (tertiary alicyclic amines) is 1. The van der Waals surface area contributed by atoms with E-state index in [1.165, 1.54) is 10.6 Å². The first kappa shape index (κ1) is 22.2. The summed E-state index contributed by atoms with van der Waals surface area (Å²) in [7, 11) is 0. The Morgan fingerprint density at radius 3 is 2.87 bits per heavy atom. The number of ether oxygens (including phenoxy) is 1. The molecule has 0 spiro atoms. The number of aliphatic imine (C=N–C) groups is 1. The molecule has 168 valence electrons. The summed E-state index contributed by atoms with van der Waals surface area (Å²) in [5.74, 6) is 1.49. The van der Waals surface area contributed by atoms with Crippen LogP contribution in [0.3, 0.4) is 0 Å². The van der Waals surface area contributed by atoms with Crippen molar-refractivity contribution in [3.8, 4) is 0 Å². The quantitative estimate of drug-likeness (QED) is 0.527. The minimum Gasteiger partial charge on any atom is -0.373 e. The molecule has 3 heterocycles. The van der Waals surface area contributed by atoms with Gasteiger partial charge in [0.25, 0.3) is 0 Å². The third kappa shape index (κ3) is 5.64. The Bertz CT molecular complexity index is 853. The maximum absolute atomic E-state index is 6.15. The van der Waals surface area contributed by atoms with Crippen LogP contribution in [-0.4, -0.2) is 72.2 Å². The van der Waals surface area contributed by atoms with E-state index in [0.29, 0.717) is 12.0 Å². The maximum Gasteiger partial charge on any atom is 0.194 e. The van der Waals surface area contributed by atoms with Crippen LogP contribution in [0.1, 0.15) is 43.0 Å². The Kier molecular flexibility index (Phi) is 7.58. The molecule has 1 aromatic carbocycles. The molecule has 2 atom stereocenters. The zero-order chi connectivity index (χ0) is 21.6. The van der Waals surface area contributed by atoms with Crippen LogP contribution in [-0.2, 0) is 17.7 Å². The minimum atomic E-state index is 0.244. The number of benzene rings is 1. The molecule has 2 saturated heterocycles. The van der Waals surface area contributed by atoms with E-state index in [-0.39, 0.29) is 6.10 Å². The van der Waals surface area contributed by atoms with Crippen molar-refractivity contribution >= 4 is 17.3 Å². The van der Waals surface area contributed by atoms with Gasteiger partial charge in [0.1, 0.15) is 0 Å². The van der Waals surface area contributed by atoms with Crippen LogP contribution in [0.15, 0.2) is 40.7 Å². The Balaban J connectivity index is 1.38. The van der Waals surface area contributed by atoms with E-state index in [4.69, 9.17) is 14.7 Å². The standard InChI is InChI=1S/C24H35N5OS/c1-4-25-24(26-11-10-20-17-31-23(27-20)18(2)3)29-15-21-22(16-29)30-13-12-28(21)14-19-8-6-5-7-9-19/h5-9,17-18,21-22H,4,10-16H2,1-3H3,(H,25,26). The number of rotatable bonds is 7. The van der Waals surface area contributed by atoms with Crippen LogP contribution >= 0.6 is 11.3 Å². The van der Waals surface area contributed by atoms with Crippen LogP contribution in [0, 0.1) is 0 Å². The minimum absolute atomic E-state index is 0.244. The molecule has 1 N–H and O–H groups in total. The van der Waals surface area contributed by atoms with Crippen LogP contribution in [0.2, 0.25) is 0 Å². The summed E-state index contributed by atoms with van der Waals surface area (Å²) in [5.41, 5.74) is 2.52. The molecule has 1 aromatic heterocycles. The first-order valence-corrected chi connectivity index (χ1v) is 12.4. The molecule has 31 heavy (non-hydrogen) atoms. The SMILES string of the molecule is CCNC(=NCCc1csc(C(C)C)n1)N1CC2OCCN(Cc3ccccc3)C2C1. The molecule has 0 saturated carbocycles. The fraction of sp³-hybridized carbons (Fsp3) is 0.583. The first-order chi connectivity index (χ1) is 15.1. The highest BCUT2D eigenvalue weighted by molar-refractivity contribution is 7.09. The summed E-state index contributed by atoms with van der Waals surface area (Å²) in [6.07, 6.45) is 1.13. The number of aromatic nitrogens is 1. The van der Waals surface area contributed by atoms with Gasteiger partial charge in [0, 0.05) is 57.0 Å². The molecule has 2 aromatic rings. The largest absolute Gasteiger partial charge is 0.373 e. The topological polar surface area (TPSA) is 53.0 Å². The van der Waals surface area contributed by atoms with E-state index in [1.807, 2.05) is 0 Å². The van der Waals surface area contributed by atoms with E-state index in [0.717, 1.165) is 63.9 Å². The monoisotopic (exact) mass is 441 g/mol. The Morgan fingerprint density at radius 2 is 2.13 bits per heavy atom. The van der Waals surface area contributed by atoms with E-state index in [9.17, 15) is 0 Å². The second-order valence-electron chi connectivity index (χ2n) is 8.66. The highest BCUT2D eigenvalue weighted by Crippen LogP contribution is 2.25. The second kappa shape index (κ2) is 10.6. The predicted molar refractivity (Wildman–Crippen MR) is 128 cm³/mol. The molecule has 0 bridgehead atoms.